The summed E-state index contributed by atoms with van der Waals surface area (Å²) in [5, 5.41) is 18.7. The number of hydrogen-bond donors (Lipinski definition) is 2. The van der Waals surface area contributed by atoms with E-state index in [1.54, 1.807) is 19.1 Å². The van der Waals surface area contributed by atoms with Crippen molar-refractivity contribution in [3.8, 4) is 5.75 Å². The van der Waals surface area contributed by atoms with E-state index in [2.05, 4.69) is 15.9 Å². The maximum atomic E-state index is 11.6. The van der Waals surface area contributed by atoms with Crippen LogP contribution in [0.2, 0.25) is 0 Å². The van der Waals surface area contributed by atoms with E-state index < -0.39 is 12.1 Å². The molecule has 5 nitrogen and oxygen atoms in total. The second-order valence-electron chi connectivity index (χ2n) is 3.85. The summed E-state index contributed by atoms with van der Waals surface area (Å²) < 4.78 is 5.38. The predicted octanol–water partition coefficient (Wildman–Crippen LogP) is 1.71. The number of alkyl halides is 1. The zero-order valence-corrected chi connectivity index (χ0v) is 12.0. The first-order chi connectivity index (χ1) is 9.01. The Labute approximate surface area is 119 Å². The molecule has 0 bridgehead atoms. The lowest BCUT2D eigenvalue weighted by atomic mass is 9.97. The van der Waals surface area contributed by atoms with Crippen molar-refractivity contribution in [1.29, 1.82) is 0 Å². The van der Waals surface area contributed by atoms with Gasteiger partial charge in [0.15, 0.2) is 6.10 Å². The lowest BCUT2D eigenvalue weighted by Crippen LogP contribution is -2.16. The summed E-state index contributed by atoms with van der Waals surface area (Å²) in [4.78, 5) is 22.4. The van der Waals surface area contributed by atoms with Crippen molar-refractivity contribution in [3.63, 3.8) is 0 Å². The van der Waals surface area contributed by atoms with Gasteiger partial charge >= 0.3 is 5.97 Å². The first kappa shape index (κ1) is 15.7. The summed E-state index contributed by atoms with van der Waals surface area (Å²) in [5.41, 5.74) is 0.608. The van der Waals surface area contributed by atoms with E-state index in [1.165, 1.54) is 6.07 Å². The number of ether oxygens (including phenoxy) is 1. The molecule has 104 valence electrons. The minimum Gasteiger partial charge on any atom is -0.494 e. The summed E-state index contributed by atoms with van der Waals surface area (Å²) in [6, 6.07) is 4.73. The van der Waals surface area contributed by atoms with Gasteiger partial charge in [-0.2, -0.15) is 0 Å². The highest BCUT2D eigenvalue weighted by Gasteiger charge is 2.23. The zero-order valence-electron chi connectivity index (χ0n) is 10.4. The Bertz CT molecular complexity index is 472. The second kappa shape index (κ2) is 7.25. The number of carboxylic acid groups (broad SMARTS) is 1. The van der Waals surface area contributed by atoms with Crippen LogP contribution in [0.1, 0.15) is 24.2 Å². The average molecular weight is 331 g/mol. The predicted molar refractivity (Wildman–Crippen MR) is 72.7 cm³/mol. The number of rotatable bonds is 7. The van der Waals surface area contributed by atoms with Crippen LogP contribution in [0.5, 0.6) is 5.75 Å². The molecule has 1 aromatic carbocycles. The van der Waals surface area contributed by atoms with Gasteiger partial charge in [0, 0.05) is 12.0 Å². The molecule has 0 radical (unpaired) electrons. The SMILES string of the molecule is CCOc1cccc(C(O)C(=O)O)c1CC(=O)CBr. The Morgan fingerprint density at radius 3 is 2.63 bits per heavy atom. The van der Waals surface area contributed by atoms with Crippen LogP contribution < -0.4 is 4.74 Å². The molecule has 19 heavy (non-hydrogen) atoms. The molecule has 0 saturated carbocycles. The molecular weight excluding hydrogens is 316 g/mol. The van der Waals surface area contributed by atoms with Gasteiger partial charge in [0.1, 0.15) is 11.5 Å². The Kier molecular flexibility index (Phi) is 5.98. The number of aliphatic carboxylic acids is 1. The highest BCUT2D eigenvalue weighted by molar-refractivity contribution is 9.09. The third kappa shape index (κ3) is 4.04. The standard InChI is InChI=1S/C13H15BrO5/c1-2-19-11-5-3-4-9(12(16)13(17)18)10(11)6-8(15)7-14/h3-5,12,16H,2,6-7H2,1H3,(H,17,18). The van der Waals surface area contributed by atoms with Crippen molar-refractivity contribution >= 4 is 27.7 Å². The lowest BCUT2D eigenvalue weighted by molar-refractivity contribution is -0.147. The number of carbonyl (C=O) groups excluding carboxylic acids is 1. The van der Waals surface area contributed by atoms with E-state index in [0.29, 0.717) is 17.9 Å². The first-order valence-electron chi connectivity index (χ1n) is 5.74. The van der Waals surface area contributed by atoms with Gasteiger partial charge in [-0.25, -0.2) is 4.79 Å². The molecule has 0 amide bonds. The Morgan fingerprint density at radius 1 is 1.42 bits per heavy atom. The highest BCUT2D eigenvalue weighted by Crippen LogP contribution is 2.28. The van der Waals surface area contributed by atoms with Crippen molar-refractivity contribution in [1.82, 2.24) is 0 Å². The van der Waals surface area contributed by atoms with Gasteiger partial charge in [-0.15, -0.1) is 0 Å². The maximum Gasteiger partial charge on any atom is 0.337 e. The highest BCUT2D eigenvalue weighted by atomic mass is 79.9. The quantitative estimate of drug-likeness (QED) is 0.743. The minimum absolute atomic E-state index is 0.0150. The molecule has 0 spiro atoms. The molecule has 0 fully saturated rings. The number of carbonyl (C=O) groups is 2. The number of aliphatic hydroxyl groups excluding tert-OH is 1. The fraction of sp³-hybridized carbons (Fsp3) is 0.385. The Morgan fingerprint density at radius 2 is 2.11 bits per heavy atom. The number of carboxylic acids is 1. The number of Topliss-reactive ketones (excluding diaryl/α,β-unsaturated/α-hetero) is 1. The van der Waals surface area contributed by atoms with Crippen LogP contribution >= 0.6 is 15.9 Å². The molecule has 0 aliphatic carbocycles. The molecule has 1 atom stereocenters. The summed E-state index contributed by atoms with van der Waals surface area (Å²) in [6.45, 7) is 2.18. The fourth-order valence-corrected chi connectivity index (χ4v) is 1.89. The van der Waals surface area contributed by atoms with Gasteiger partial charge in [-0.05, 0) is 18.6 Å². The van der Waals surface area contributed by atoms with Gasteiger partial charge in [0.2, 0.25) is 0 Å². The normalized spacial score (nSPS) is 11.9. The third-order valence-electron chi connectivity index (χ3n) is 2.52. The van der Waals surface area contributed by atoms with Crippen molar-refractivity contribution in [2.24, 2.45) is 0 Å². The molecule has 2 N–H and O–H groups in total. The zero-order chi connectivity index (χ0) is 14.4. The minimum atomic E-state index is -1.67. The van der Waals surface area contributed by atoms with Crippen LogP contribution in [0.15, 0.2) is 18.2 Å². The van der Waals surface area contributed by atoms with E-state index in [0.717, 1.165) is 0 Å². The number of halogens is 1. The topological polar surface area (TPSA) is 83.8 Å². The fourth-order valence-electron chi connectivity index (χ4n) is 1.70. The Hall–Kier alpha value is -1.40. The first-order valence-corrected chi connectivity index (χ1v) is 6.86. The molecule has 0 aliphatic heterocycles. The monoisotopic (exact) mass is 330 g/mol. The molecule has 0 heterocycles. The van der Waals surface area contributed by atoms with Gasteiger partial charge in [-0.1, -0.05) is 28.1 Å². The van der Waals surface area contributed by atoms with E-state index in [4.69, 9.17) is 9.84 Å². The van der Waals surface area contributed by atoms with Crippen LogP contribution in [0.25, 0.3) is 0 Å². The molecule has 6 heteroatoms. The molecular formula is C13H15BrO5. The summed E-state index contributed by atoms with van der Waals surface area (Å²) in [7, 11) is 0. The van der Waals surface area contributed by atoms with E-state index in [9.17, 15) is 14.7 Å². The van der Waals surface area contributed by atoms with Crippen molar-refractivity contribution in [3.05, 3.63) is 29.3 Å². The number of aliphatic hydroxyl groups is 1. The van der Waals surface area contributed by atoms with E-state index >= 15 is 0 Å². The van der Waals surface area contributed by atoms with Gasteiger partial charge in [-0.3, -0.25) is 4.79 Å². The van der Waals surface area contributed by atoms with Gasteiger partial charge < -0.3 is 14.9 Å². The van der Waals surface area contributed by atoms with Crippen LogP contribution in [0.4, 0.5) is 0 Å². The number of benzene rings is 1. The molecule has 0 aromatic heterocycles. The molecule has 0 saturated heterocycles. The van der Waals surface area contributed by atoms with Crippen LogP contribution in [-0.4, -0.2) is 33.9 Å². The third-order valence-corrected chi connectivity index (χ3v) is 3.15. The number of ketones is 1. The number of hydrogen-bond acceptors (Lipinski definition) is 4. The van der Waals surface area contributed by atoms with Crippen LogP contribution in [0, 0.1) is 0 Å². The molecule has 1 rings (SSSR count). The van der Waals surface area contributed by atoms with Gasteiger partial charge in [0.05, 0.1) is 11.9 Å². The van der Waals surface area contributed by atoms with Crippen molar-refractivity contribution < 1.29 is 24.5 Å². The van der Waals surface area contributed by atoms with Crippen molar-refractivity contribution in [2.75, 3.05) is 11.9 Å². The van der Waals surface area contributed by atoms with Crippen molar-refractivity contribution in [2.45, 2.75) is 19.4 Å². The van der Waals surface area contributed by atoms with E-state index in [1.807, 2.05) is 0 Å². The average Bonchev–Trinajstić information content (AvgIpc) is 2.39. The summed E-state index contributed by atoms with van der Waals surface area (Å²) in [5.74, 6) is -1.05. The second-order valence-corrected chi connectivity index (χ2v) is 4.41. The Balaban J connectivity index is 3.24. The molecule has 1 unspecified atom stereocenters. The van der Waals surface area contributed by atoms with Gasteiger partial charge in [0.25, 0.3) is 0 Å². The summed E-state index contributed by atoms with van der Waals surface area (Å²) >= 11 is 3.06. The maximum absolute atomic E-state index is 11.6. The van der Waals surface area contributed by atoms with Crippen LogP contribution in [-0.2, 0) is 16.0 Å². The lowest BCUT2D eigenvalue weighted by Gasteiger charge is -2.16. The van der Waals surface area contributed by atoms with E-state index in [-0.39, 0.29) is 23.1 Å². The molecule has 1 aromatic rings. The van der Waals surface area contributed by atoms with Crippen LogP contribution in [0.3, 0.4) is 0 Å². The largest absolute Gasteiger partial charge is 0.494 e. The smallest absolute Gasteiger partial charge is 0.337 e. The molecule has 0 aliphatic rings. The summed E-state index contributed by atoms with van der Waals surface area (Å²) in [6.07, 6.45) is -1.65.